The van der Waals surface area contributed by atoms with Crippen LogP contribution in [0.5, 0.6) is 0 Å². The molecule has 1 fully saturated rings. The van der Waals surface area contributed by atoms with Crippen LogP contribution in [-0.4, -0.2) is 29.8 Å². The molecule has 0 saturated carbocycles. The molecule has 1 unspecified atom stereocenters. The van der Waals surface area contributed by atoms with E-state index in [4.69, 9.17) is 0 Å². The number of rotatable bonds is 3. The molecule has 1 aromatic carbocycles. The Balaban J connectivity index is 1.54. The highest BCUT2D eigenvalue weighted by atomic mass is 16.2. The molecule has 0 aromatic heterocycles. The normalized spacial score (nSPS) is 19.3. The molecule has 3 rings (SSSR count). The van der Waals surface area contributed by atoms with Crippen molar-refractivity contribution in [3.8, 4) is 0 Å². The van der Waals surface area contributed by atoms with Crippen LogP contribution in [0.25, 0.3) is 0 Å². The summed E-state index contributed by atoms with van der Waals surface area (Å²) in [5, 5.41) is 3.20. The van der Waals surface area contributed by atoms with Crippen LogP contribution >= 0.6 is 0 Å². The maximum atomic E-state index is 12.7. The Kier molecular flexibility index (Phi) is 5.92. The van der Waals surface area contributed by atoms with Crippen LogP contribution in [0.15, 0.2) is 18.2 Å². The highest BCUT2D eigenvalue weighted by Crippen LogP contribution is 2.26. The lowest BCUT2D eigenvalue weighted by molar-refractivity contribution is -0.142. The van der Waals surface area contributed by atoms with Gasteiger partial charge in [0.25, 0.3) is 0 Å². The smallest absolute Gasteiger partial charge is 0.227 e. The molecule has 1 aromatic rings. The fourth-order valence-corrected chi connectivity index (χ4v) is 4.26. The van der Waals surface area contributed by atoms with Crippen molar-refractivity contribution in [2.24, 2.45) is 11.3 Å². The molecule has 1 aliphatic heterocycles. The van der Waals surface area contributed by atoms with Crippen LogP contribution in [0.4, 0.5) is 0 Å². The number of carbonyl (C=O) groups excluding carboxylic acids is 2. The number of piperidine rings is 1. The molecular weight excluding hydrogens is 336 g/mol. The molecule has 1 aliphatic carbocycles. The second kappa shape index (κ2) is 8.04. The summed E-state index contributed by atoms with van der Waals surface area (Å²) in [6.45, 7) is 9.29. The number of amides is 2. The topological polar surface area (TPSA) is 49.4 Å². The lowest BCUT2D eigenvalue weighted by Gasteiger charge is -2.35. The maximum absolute atomic E-state index is 12.7. The molecule has 1 saturated heterocycles. The van der Waals surface area contributed by atoms with Gasteiger partial charge in [0, 0.05) is 24.4 Å². The highest BCUT2D eigenvalue weighted by Gasteiger charge is 2.32. The molecular formula is C23H34N2O2. The first kappa shape index (κ1) is 19.9. The summed E-state index contributed by atoms with van der Waals surface area (Å²) in [6.07, 6.45) is 6.40. The highest BCUT2D eigenvalue weighted by molar-refractivity contribution is 5.83. The van der Waals surface area contributed by atoms with E-state index >= 15 is 0 Å². The number of hydrogen-bond acceptors (Lipinski definition) is 2. The molecule has 1 atom stereocenters. The van der Waals surface area contributed by atoms with Crippen molar-refractivity contribution in [1.29, 1.82) is 0 Å². The zero-order valence-corrected chi connectivity index (χ0v) is 17.3. The number of nitrogens with zero attached hydrogens (tertiary/aromatic N) is 1. The minimum absolute atomic E-state index is 0.00842. The summed E-state index contributed by atoms with van der Waals surface area (Å²) in [5.41, 5.74) is 3.77. The predicted molar refractivity (Wildman–Crippen MR) is 108 cm³/mol. The quantitative estimate of drug-likeness (QED) is 0.873. The van der Waals surface area contributed by atoms with Crippen LogP contribution < -0.4 is 5.32 Å². The molecule has 1 N–H and O–H groups in total. The van der Waals surface area contributed by atoms with Gasteiger partial charge in [-0.05, 0) is 62.1 Å². The van der Waals surface area contributed by atoms with E-state index in [-0.39, 0.29) is 29.2 Å². The van der Waals surface area contributed by atoms with Crippen LogP contribution in [0.2, 0.25) is 0 Å². The molecule has 0 spiro atoms. The van der Waals surface area contributed by atoms with E-state index in [0.717, 1.165) is 19.3 Å². The third-order valence-corrected chi connectivity index (χ3v) is 6.03. The molecule has 2 aliphatic rings. The minimum Gasteiger partial charge on any atom is -0.349 e. The van der Waals surface area contributed by atoms with Crippen molar-refractivity contribution >= 4 is 11.8 Å². The number of likely N-dealkylation sites (tertiary alicyclic amines) is 1. The van der Waals surface area contributed by atoms with E-state index in [2.05, 4.69) is 30.4 Å². The van der Waals surface area contributed by atoms with Gasteiger partial charge in [-0.1, -0.05) is 39.0 Å². The average molecular weight is 371 g/mol. The molecule has 0 radical (unpaired) electrons. The van der Waals surface area contributed by atoms with Crippen molar-refractivity contribution in [2.75, 3.05) is 13.1 Å². The van der Waals surface area contributed by atoms with Crippen molar-refractivity contribution in [3.63, 3.8) is 0 Å². The van der Waals surface area contributed by atoms with Gasteiger partial charge in [-0.2, -0.15) is 0 Å². The van der Waals surface area contributed by atoms with Crippen LogP contribution in [-0.2, 0) is 22.4 Å². The van der Waals surface area contributed by atoms with Gasteiger partial charge in [0.05, 0.1) is 6.04 Å². The van der Waals surface area contributed by atoms with Gasteiger partial charge in [0.2, 0.25) is 11.8 Å². The van der Waals surface area contributed by atoms with Crippen LogP contribution in [0.1, 0.15) is 76.1 Å². The summed E-state index contributed by atoms with van der Waals surface area (Å²) in [4.78, 5) is 27.0. The van der Waals surface area contributed by atoms with Gasteiger partial charge in [-0.3, -0.25) is 9.59 Å². The molecule has 0 bridgehead atoms. The summed E-state index contributed by atoms with van der Waals surface area (Å²) < 4.78 is 0. The fraction of sp³-hybridized carbons (Fsp3) is 0.652. The van der Waals surface area contributed by atoms with Crippen molar-refractivity contribution in [2.45, 2.75) is 72.3 Å². The number of aryl methyl sites for hydroxylation is 2. The van der Waals surface area contributed by atoms with Gasteiger partial charge >= 0.3 is 0 Å². The monoisotopic (exact) mass is 370 g/mol. The Bertz CT molecular complexity index is 697. The second-order valence-electron chi connectivity index (χ2n) is 9.28. The van der Waals surface area contributed by atoms with E-state index in [9.17, 15) is 9.59 Å². The molecule has 148 valence electrons. The predicted octanol–water partition coefficient (Wildman–Crippen LogP) is 4.03. The van der Waals surface area contributed by atoms with Crippen molar-refractivity contribution in [3.05, 3.63) is 34.9 Å². The van der Waals surface area contributed by atoms with Gasteiger partial charge in [-0.25, -0.2) is 0 Å². The van der Waals surface area contributed by atoms with Crippen LogP contribution in [0, 0.1) is 11.3 Å². The number of carbonyl (C=O) groups is 2. The van der Waals surface area contributed by atoms with Crippen molar-refractivity contribution < 1.29 is 9.59 Å². The summed E-state index contributed by atoms with van der Waals surface area (Å²) in [5.74, 6) is 0.320. The van der Waals surface area contributed by atoms with E-state index in [1.165, 1.54) is 36.0 Å². The third-order valence-electron chi connectivity index (χ3n) is 6.03. The maximum Gasteiger partial charge on any atom is 0.227 e. The van der Waals surface area contributed by atoms with Gasteiger partial charge in [0.1, 0.15) is 0 Å². The molecule has 4 heteroatoms. The number of nitrogens with one attached hydrogen (secondary N) is 1. The first-order chi connectivity index (χ1) is 12.8. The van der Waals surface area contributed by atoms with Crippen molar-refractivity contribution in [1.82, 2.24) is 10.2 Å². The summed E-state index contributed by atoms with van der Waals surface area (Å²) >= 11 is 0. The van der Waals surface area contributed by atoms with E-state index in [0.29, 0.717) is 13.1 Å². The molecule has 1 heterocycles. The SMILES string of the molecule is CC(NC(=O)C1CCN(C(=O)C(C)(C)C)CC1)c1ccc2c(c1)CCCC2. The number of hydrogen-bond donors (Lipinski definition) is 1. The van der Waals surface area contributed by atoms with Gasteiger partial charge in [0.15, 0.2) is 0 Å². The molecule has 2 amide bonds. The first-order valence-electron chi connectivity index (χ1n) is 10.5. The number of benzene rings is 1. The van der Waals surface area contributed by atoms with Gasteiger partial charge < -0.3 is 10.2 Å². The minimum atomic E-state index is -0.351. The fourth-order valence-electron chi connectivity index (χ4n) is 4.26. The Hall–Kier alpha value is -1.84. The van der Waals surface area contributed by atoms with Gasteiger partial charge in [-0.15, -0.1) is 0 Å². The lowest BCUT2D eigenvalue weighted by atomic mass is 9.89. The average Bonchev–Trinajstić information content (AvgIpc) is 2.66. The Morgan fingerprint density at radius 3 is 2.33 bits per heavy atom. The molecule has 27 heavy (non-hydrogen) atoms. The van der Waals surface area contributed by atoms with E-state index < -0.39 is 0 Å². The van der Waals surface area contributed by atoms with E-state index in [1.807, 2.05) is 25.7 Å². The Morgan fingerprint density at radius 2 is 1.70 bits per heavy atom. The summed E-state index contributed by atoms with van der Waals surface area (Å²) in [7, 11) is 0. The first-order valence-corrected chi connectivity index (χ1v) is 10.5. The largest absolute Gasteiger partial charge is 0.349 e. The standard InChI is InChI=1S/C23H34N2O2/c1-16(19-10-9-17-7-5-6-8-20(17)15-19)24-21(26)18-11-13-25(14-12-18)22(27)23(2,3)4/h9-10,15-16,18H,5-8,11-14H2,1-4H3,(H,24,26). The Labute approximate surface area is 163 Å². The van der Waals surface area contributed by atoms with E-state index in [1.54, 1.807) is 0 Å². The number of fused-ring (bicyclic) bond motifs is 1. The van der Waals surface area contributed by atoms with Crippen LogP contribution in [0.3, 0.4) is 0 Å². The third kappa shape index (κ3) is 4.72. The zero-order valence-electron chi connectivity index (χ0n) is 17.3. The zero-order chi connectivity index (χ0) is 19.6. The second-order valence-corrected chi connectivity index (χ2v) is 9.28. The summed E-state index contributed by atoms with van der Waals surface area (Å²) in [6, 6.07) is 6.71. The lowest BCUT2D eigenvalue weighted by Crippen LogP contribution is -2.46. The molecule has 4 nitrogen and oxygen atoms in total. The Morgan fingerprint density at radius 1 is 1.07 bits per heavy atom.